The highest BCUT2D eigenvalue weighted by atomic mass is 79.9. The smallest absolute Gasteiger partial charge is 0.227 e. The number of rotatable bonds is 4. The highest BCUT2D eigenvalue weighted by molar-refractivity contribution is 9.13. The van der Waals surface area contributed by atoms with Gasteiger partial charge in [-0.2, -0.15) is 0 Å². The van der Waals surface area contributed by atoms with E-state index in [9.17, 15) is 5.11 Å². The number of ether oxygens (including phenoxy) is 1. The van der Waals surface area contributed by atoms with Gasteiger partial charge in [0.05, 0.1) is 18.4 Å². The van der Waals surface area contributed by atoms with Gasteiger partial charge in [0, 0.05) is 25.7 Å². The van der Waals surface area contributed by atoms with Crippen LogP contribution in [0.2, 0.25) is 5.02 Å². The van der Waals surface area contributed by atoms with Crippen LogP contribution in [0.5, 0.6) is 11.5 Å². The molecule has 29 heavy (non-hydrogen) atoms. The van der Waals surface area contributed by atoms with E-state index in [0.29, 0.717) is 43.5 Å². The van der Waals surface area contributed by atoms with E-state index < -0.39 is 0 Å². The van der Waals surface area contributed by atoms with Crippen LogP contribution in [0.25, 0.3) is 22.6 Å². The number of phenolic OH excluding ortho intramolecular Hbond substituents is 1. The second kappa shape index (κ2) is 8.18. The van der Waals surface area contributed by atoms with Crippen LogP contribution in [0.1, 0.15) is 5.56 Å². The van der Waals surface area contributed by atoms with Gasteiger partial charge in [-0.3, -0.25) is 4.99 Å². The number of hydrogen-bond donors (Lipinski definition) is 1. The van der Waals surface area contributed by atoms with E-state index in [1.807, 2.05) is 24.3 Å². The molecule has 0 aliphatic heterocycles. The molecule has 5 nitrogen and oxygen atoms in total. The molecule has 4 aromatic rings. The molecule has 3 aromatic carbocycles. The zero-order valence-corrected chi connectivity index (χ0v) is 18.9. The minimum Gasteiger partial charge on any atom is -0.504 e. The molecule has 146 valence electrons. The van der Waals surface area contributed by atoms with Crippen LogP contribution >= 0.6 is 43.5 Å². The molecule has 0 aliphatic carbocycles. The van der Waals surface area contributed by atoms with Crippen LogP contribution in [-0.4, -0.2) is 23.4 Å². The zero-order valence-electron chi connectivity index (χ0n) is 15.0. The summed E-state index contributed by atoms with van der Waals surface area (Å²) in [5, 5.41) is 11.0. The van der Waals surface area contributed by atoms with Gasteiger partial charge >= 0.3 is 0 Å². The second-order valence-corrected chi connectivity index (χ2v) is 8.16. The van der Waals surface area contributed by atoms with E-state index >= 15 is 0 Å². The maximum Gasteiger partial charge on any atom is 0.227 e. The molecule has 1 aromatic heterocycles. The van der Waals surface area contributed by atoms with Crippen LogP contribution < -0.4 is 4.74 Å². The molecule has 0 aliphatic rings. The maximum atomic E-state index is 10.4. The number of aromatic hydroxyl groups is 1. The van der Waals surface area contributed by atoms with Crippen molar-refractivity contribution >= 4 is 66.5 Å². The number of phenols is 1. The predicted molar refractivity (Wildman–Crippen MR) is 122 cm³/mol. The monoisotopic (exact) mass is 534 g/mol. The molecule has 1 heterocycles. The third-order valence-electron chi connectivity index (χ3n) is 4.22. The van der Waals surface area contributed by atoms with E-state index in [1.54, 1.807) is 30.5 Å². The van der Waals surface area contributed by atoms with Gasteiger partial charge in [0.1, 0.15) is 5.52 Å². The van der Waals surface area contributed by atoms with Crippen LogP contribution in [0.3, 0.4) is 0 Å². The van der Waals surface area contributed by atoms with Gasteiger partial charge in [-0.05, 0) is 80.4 Å². The summed E-state index contributed by atoms with van der Waals surface area (Å²) < 4.78 is 12.4. The molecule has 0 saturated heterocycles. The first-order valence-electron chi connectivity index (χ1n) is 8.42. The first-order valence-corrected chi connectivity index (χ1v) is 10.4. The van der Waals surface area contributed by atoms with Crippen molar-refractivity contribution in [3.63, 3.8) is 0 Å². The molecular formula is C21H13Br2ClN2O3. The molecule has 0 atom stereocenters. The van der Waals surface area contributed by atoms with Crippen molar-refractivity contribution in [2.75, 3.05) is 7.11 Å². The van der Waals surface area contributed by atoms with Crippen molar-refractivity contribution in [3.8, 4) is 23.0 Å². The molecular weight excluding hydrogens is 524 g/mol. The lowest BCUT2D eigenvalue weighted by molar-refractivity contribution is 0.372. The van der Waals surface area contributed by atoms with Gasteiger partial charge in [-0.15, -0.1) is 0 Å². The van der Waals surface area contributed by atoms with Gasteiger partial charge in [0.25, 0.3) is 0 Å². The van der Waals surface area contributed by atoms with Crippen LogP contribution in [0.4, 0.5) is 5.69 Å². The van der Waals surface area contributed by atoms with Crippen molar-refractivity contribution in [2.45, 2.75) is 0 Å². The topological polar surface area (TPSA) is 67.9 Å². The third kappa shape index (κ3) is 4.03. The van der Waals surface area contributed by atoms with Crippen molar-refractivity contribution in [3.05, 3.63) is 68.1 Å². The number of aromatic nitrogens is 1. The highest BCUT2D eigenvalue weighted by Crippen LogP contribution is 2.39. The Balaban J connectivity index is 1.62. The normalized spacial score (nSPS) is 11.4. The fourth-order valence-corrected chi connectivity index (χ4v) is 3.73. The van der Waals surface area contributed by atoms with Gasteiger partial charge in [0.15, 0.2) is 17.1 Å². The predicted octanol–water partition coefficient (Wildman–Crippen LogP) is 7.14. The van der Waals surface area contributed by atoms with Crippen molar-refractivity contribution < 1.29 is 14.3 Å². The molecule has 0 unspecified atom stereocenters. The van der Waals surface area contributed by atoms with E-state index in [1.165, 1.54) is 7.11 Å². The Morgan fingerprint density at radius 1 is 1.14 bits per heavy atom. The number of halogens is 3. The molecule has 0 radical (unpaired) electrons. The fraction of sp³-hybridized carbons (Fsp3) is 0.0476. The van der Waals surface area contributed by atoms with E-state index in [2.05, 4.69) is 41.8 Å². The summed E-state index contributed by atoms with van der Waals surface area (Å²) >= 11 is 12.9. The molecule has 8 heteroatoms. The SMILES string of the molecule is COc1cc(Br)c(Br)c(C=Nc2ccc(-c3nc4cc(Cl)ccc4o3)cc2)c1O. The second-order valence-electron chi connectivity index (χ2n) is 6.07. The van der Waals surface area contributed by atoms with E-state index in [4.69, 9.17) is 20.8 Å². The van der Waals surface area contributed by atoms with Crippen molar-refractivity contribution in [1.29, 1.82) is 0 Å². The molecule has 0 fully saturated rings. The number of benzene rings is 3. The average molecular weight is 537 g/mol. The average Bonchev–Trinajstić information content (AvgIpc) is 3.14. The van der Waals surface area contributed by atoms with E-state index in [0.717, 1.165) is 10.0 Å². The van der Waals surface area contributed by atoms with Crippen molar-refractivity contribution in [1.82, 2.24) is 4.98 Å². The lowest BCUT2D eigenvalue weighted by Crippen LogP contribution is -1.91. The van der Waals surface area contributed by atoms with Gasteiger partial charge in [-0.1, -0.05) is 11.6 Å². The molecule has 4 rings (SSSR count). The number of oxazole rings is 1. The summed E-state index contributed by atoms with van der Waals surface area (Å²) in [6, 6.07) is 14.4. The minimum absolute atomic E-state index is 0.00748. The Labute approximate surface area is 188 Å². The van der Waals surface area contributed by atoms with Gasteiger partial charge < -0.3 is 14.3 Å². The highest BCUT2D eigenvalue weighted by Gasteiger charge is 2.14. The number of nitrogens with zero attached hydrogens (tertiary/aromatic N) is 2. The van der Waals surface area contributed by atoms with Gasteiger partial charge in [-0.25, -0.2) is 4.98 Å². The molecule has 0 amide bonds. The Morgan fingerprint density at radius 2 is 1.90 bits per heavy atom. The number of hydrogen-bond acceptors (Lipinski definition) is 5. The standard InChI is InChI=1S/C21H13Br2ClN2O3/c1-28-18-9-15(22)19(23)14(20(18)27)10-25-13-5-2-11(3-6-13)21-26-16-8-12(24)4-7-17(16)29-21/h2-10,27H,1H3. The van der Waals surface area contributed by atoms with Crippen LogP contribution in [0.15, 0.2) is 66.9 Å². The largest absolute Gasteiger partial charge is 0.504 e. The van der Waals surface area contributed by atoms with Crippen LogP contribution in [0, 0.1) is 0 Å². The first-order chi connectivity index (χ1) is 14.0. The summed E-state index contributed by atoms with van der Waals surface area (Å²) in [5.74, 6) is 0.871. The Kier molecular flexibility index (Phi) is 5.63. The molecule has 1 N–H and O–H groups in total. The van der Waals surface area contributed by atoms with E-state index in [-0.39, 0.29) is 5.75 Å². The molecule has 0 saturated carbocycles. The molecule has 0 bridgehead atoms. The van der Waals surface area contributed by atoms with Crippen LogP contribution in [-0.2, 0) is 0 Å². The minimum atomic E-state index is 0.00748. The Morgan fingerprint density at radius 3 is 2.62 bits per heavy atom. The first kappa shape index (κ1) is 19.9. The third-order valence-corrected chi connectivity index (χ3v) is 6.47. The lowest BCUT2D eigenvalue weighted by Gasteiger charge is -2.09. The summed E-state index contributed by atoms with van der Waals surface area (Å²) in [6.45, 7) is 0. The summed E-state index contributed by atoms with van der Waals surface area (Å²) in [7, 11) is 1.50. The summed E-state index contributed by atoms with van der Waals surface area (Å²) in [4.78, 5) is 8.92. The number of aliphatic imine (C=N–C) groups is 1. The summed E-state index contributed by atoms with van der Waals surface area (Å²) in [5.41, 5.74) is 3.42. The number of methoxy groups -OCH3 is 1. The van der Waals surface area contributed by atoms with Crippen molar-refractivity contribution in [2.24, 2.45) is 4.99 Å². The number of fused-ring (bicyclic) bond motifs is 1. The quantitative estimate of drug-likeness (QED) is 0.282. The lowest BCUT2D eigenvalue weighted by atomic mass is 10.2. The zero-order chi connectivity index (χ0) is 20.5. The van der Waals surface area contributed by atoms with Gasteiger partial charge in [0.2, 0.25) is 5.89 Å². The maximum absolute atomic E-state index is 10.4. The summed E-state index contributed by atoms with van der Waals surface area (Å²) in [6.07, 6.45) is 1.57. The Bertz CT molecular complexity index is 1240. The Hall–Kier alpha value is -2.35. The molecule has 0 spiro atoms. The fourth-order valence-electron chi connectivity index (χ4n) is 2.74.